The highest BCUT2D eigenvalue weighted by Gasteiger charge is 2.56. The molecule has 6 heteroatoms. The molecule has 1 aromatic heterocycles. The first-order valence-electron chi connectivity index (χ1n) is 8.33. The predicted molar refractivity (Wildman–Crippen MR) is 95.4 cm³/mol. The Morgan fingerprint density at radius 1 is 0.923 bits per heavy atom. The van der Waals surface area contributed by atoms with Gasteiger partial charge in [0.05, 0.1) is 18.4 Å². The lowest BCUT2D eigenvalue weighted by Crippen LogP contribution is -2.60. The lowest BCUT2D eigenvalue weighted by atomic mass is 9.93. The summed E-state index contributed by atoms with van der Waals surface area (Å²) >= 11 is 0. The van der Waals surface area contributed by atoms with Crippen molar-refractivity contribution in [2.24, 2.45) is 0 Å². The van der Waals surface area contributed by atoms with Crippen molar-refractivity contribution in [3.8, 4) is 0 Å². The van der Waals surface area contributed by atoms with Crippen LogP contribution in [0.3, 0.4) is 0 Å². The van der Waals surface area contributed by atoms with Crippen LogP contribution in [0.2, 0.25) is 0 Å². The average Bonchev–Trinajstić information content (AvgIpc) is 3.26. The minimum atomic E-state index is -1.31. The van der Waals surface area contributed by atoms with E-state index < -0.39 is 5.66 Å². The quantitative estimate of drug-likeness (QED) is 0.748. The molecule has 0 fully saturated rings. The fourth-order valence-corrected chi connectivity index (χ4v) is 3.72. The highest BCUT2D eigenvalue weighted by atomic mass is 16.3. The van der Waals surface area contributed by atoms with Crippen molar-refractivity contribution in [2.45, 2.75) is 12.2 Å². The van der Waals surface area contributed by atoms with Gasteiger partial charge >= 0.3 is 0 Å². The van der Waals surface area contributed by atoms with Gasteiger partial charge in [0.1, 0.15) is 5.76 Å². The van der Waals surface area contributed by atoms with Crippen LogP contribution in [0, 0.1) is 0 Å². The van der Waals surface area contributed by atoms with Gasteiger partial charge < -0.3 is 15.1 Å². The van der Waals surface area contributed by atoms with Crippen molar-refractivity contribution < 1.29 is 14.0 Å². The van der Waals surface area contributed by atoms with Crippen LogP contribution in [0.15, 0.2) is 71.3 Å². The van der Waals surface area contributed by atoms with Crippen LogP contribution < -0.4 is 10.6 Å². The predicted octanol–water partition coefficient (Wildman–Crippen LogP) is 3.15. The molecule has 6 nitrogen and oxygen atoms in total. The third-order valence-electron chi connectivity index (χ3n) is 4.91. The normalized spacial score (nSPS) is 20.5. The molecular formula is C20H15N3O3. The Kier molecular flexibility index (Phi) is 2.97. The van der Waals surface area contributed by atoms with E-state index in [9.17, 15) is 9.59 Å². The summed E-state index contributed by atoms with van der Waals surface area (Å²) in [6, 6.07) is 18.2. The van der Waals surface area contributed by atoms with E-state index >= 15 is 0 Å². The smallest absolute Gasteiger partial charge is 0.276 e. The maximum absolute atomic E-state index is 13.3. The topological polar surface area (TPSA) is 74.6 Å². The number of nitrogens with zero attached hydrogens (tertiary/aromatic N) is 1. The van der Waals surface area contributed by atoms with Crippen molar-refractivity contribution >= 4 is 23.2 Å². The second-order valence-corrected chi connectivity index (χ2v) is 6.35. The Labute approximate surface area is 149 Å². The molecule has 5 rings (SSSR count). The summed E-state index contributed by atoms with van der Waals surface area (Å²) in [5.74, 6) is 0.104. The highest BCUT2D eigenvalue weighted by molar-refractivity contribution is 6.14. The molecular weight excluding hydrogens is 330 g/mol. The van der Waals surface area contributed by atoms with Crippen LogP contribution in [0.5, 0.6) is 0 Å². The summed E-state index contributed by atoms with van der Waals surface area (Å²) in [6.45, 7) is 0.176. The Bertz CT molecular complexity index is 1030. The van der Waals surface area contributed by atoms with E-state index in [4.69, 9.17) is 4.42 Å². The zero-order valence-electron chi connectivity index (χ0n) is 13.7. The number of hydrogen-bond acceptors (Lipinski definition) is 4. The Morgan fingerprint density at radius 2 is 1.69 bits per heavy atom. The molecule has 128 valence electrons. The van der Waals surface area contributed by atoms with Crippen molar-refractivity contribution in [1.82, 2.24) is 4.90 Å². The molecule has 0 aliphatic carbocycles. The Hall–Kier alpha value is -3.54. The number of furan rings is 1. The van der Waals surface area contributed by atoms with Gasteiger partial charge in [0.2, 0.25) is 5.66 Å². The lowest BCUT2D eigenvalue weighted by Gasteiger charge is -2.44. The second kappa shape index (κ2) is 5.23. The molecule has 26 heavy (non-hydrogen) atoms. The van der Waals surface area contributed by atoms with Gasteiger partial charge in [-0.1, -0.05) is 30.3 Å². The maximum atomic E-state index is 13.3. The molecule has 2 N–H and O–H groups in total. The van der Waals surface area contributed by atoms with E-state index in [1.54, 1.807) is 24.5 Å². The van der Waals surface area contributed by atoms with Crippen LogP contribution in [-0.2, 0) is 17.0 Å². The van der Waals surface area contributed by atoms with Crippen LogP contribution in [0.1, 0.15) is 21.7 Å². The number of carbonyl (C=O) groups excluding carboxylic acids is 2. The van der Waals surface area contributed by atoms with E-state index in [0.717, 1.165) is 5.56 Å². The number of para-hydroxylation sites is 2. The van der Waals surface area contributed by atoms with E-state index in [1.807, 2.05) is 42.5 Å². The summed E-state index contributed by atoms with van der Waals surface area (Å²) in [7, 11) is 0. The summed E-state index contributed by atoms with van der Waals surface area (Å²) in [5, 5.41) is 6.22. The Morgan fingerprint density at radius 3 is 2.50 bits per heavy atom. The van der Waals surface area contributed by atoms with Crippen molar-refractivity contribution in [3.63, 3.8) is 0 Å². The third-order valence-corrected chi connectivity index (χ3v) is 4.91. The summed E-state index contributed by atoms with van der Waals surface area (Å²) in [5.41, 5.74) is 1.28. The number of anilines is 2. The third kappa shape index (κ3) is 1.86. The zero-order valence-corrected chi connectivity index (χ0v) is 13.7. The molecule has 2 amide bonds. The molecule has 1 spiro atoms. The van der Waals surface area contributed by atoms with E-state index in [2.05, 4.69) is 10.6 Å². The molecule has 0 saturated heterocycles. The zero-order chi connectivity index (χ0) is 17.7. The molecule has 3 heterocycles. The molecule has 3 aromatic rings. The van der Waals surface area contributed by atoms with E-state index in [0.29, 0.717) is 22.7 Å². The molecule has 2 aliphatic heterocycles. The van der Waals surface area contributed by atoms with E-state index in [-0.39, 0.29) is 18.4 Å². The van der Waals surface area contributed by atoms with E-state index in [1.165, 1.54) is 4.90 Å². The molecule has 1 unspecified atom stereocenters. The monoisotopic (exact) mass is 345 g/mol. The van der Waals surface area contributed by atoms with Gasteiger partial charge in [-0.25, -0.2) is 0 Å². The molecule has 1 atom stereocenters. The number of carbonyl (C=O) groups is 2. The van der Waals surface area contributed by atoms with Crippen LogP contribution >= 0.6 is 0 Å². The largest absolute Gasteiger partial charge is 0.467 e. The number of benzene rings is 2. The van der Waals surface area contributed by atoms with Gasteiger partial charge in [-0.2, -0.15) is 0 Å². The number of rotatable bonds is 2. The minimum Gasteiger partial charge on any atom is -0.467 e. The lowest BCUT2D eigenvalue weighted by molar-refractivity contribution is -0.125. The fourth-order valence-electron chi connectivity index (χ4n) is 3.72. The van der Waals surface area contributed by atoms with Crippen molar-refractivity contribution in [2.75, 3.05) is 10.6 Å². The molecule has 0 saturated carbocycles. The first kappa shape index (κ1) is 14.8. The molecule has 0 bridgehead atoms. The summed E-state index contributed by atoms with van der Waals surface area (Å²) < 4.78 is 5.45. The molecule has 0 radical (unpaired) electrons. The maximum Gasteiger partial charge on any atom is 0.276 e. The average molecular weight is 345 g/mol. The Balaban J connectivity index is 1.74. The van der Waals surface area contributed by atoms with Gasteiger partial charge in [0.15, 0.2) is 0 Å². The SMILES string of the molecule is O=C1c2ccccc2NC2(C(=O)Nc3ccccc32)N1Cc1ccco1. The van der Waals surface area contributed by atoms with Crippen molar-refractivity contribution in [1.29, 1.82) is 0 Å². The van der Waals surface area contributed by atoms with Gasteiger partial charge in [0.25, 0.3) is 11.8 Å². The first-order chi connectivity index (χ1) is 12.7. The first-order valence-corrected chi connectivity index (χ1v) is 8.33. The highest BCUT2D eigenvalue weighted by Crippen LogP contribution is 2.45. The second-order valence-electron chi connectivity index (χ2n) is 6.35. The minimum absolute atomic E-state index is 0.176. The number of fused-ring (bicyclic) bond motifs is 3. The van der Waals surface area contributed by atoms with Crippen molar-refractivity contribution in [3.05, 3.63) is 83.8 Å². The number of nitrogens with one attached hydrogen (secondary N) is 2. The van der Waals surface area contributed by atoms with Gasteiger partial charge in [-0.05, 0) is 30.3 Å². The molecule has 2 aliphatic rings. The van der Waals surface area contributed by atoms with Gasteiger partial charge in [-0.3, -0.25) is 14.5 Å². The van der Waals surface area contributed by atoms with Crippen LogP contribution in [0.25, 0.3) is 0 Å². The van der Waals surface area contributed by atoms with Crippen LogP contribution in [0.4, 0.5) is 11.4 Å². The number of amides is 2. The van der Waals surface area contributed by atoms with Gasteiger partial charge in [0, 0.05) is 16.9 Å². The molecule has 2 aromatic carbocycles. The van der Waals surface area contributed by atoms with Gasteiger partial charge in [-0.15, -0.1) is 0 Å². The standard InChI is InChI=1S/C20H15N3O3/c24-18-14-7-1-3-9-16(14)22-20(23(18)12-13-6-5-11-26-13)15-8-2-4-10-17(15)21-19(20)25/h1-11,22H,12H2,(H,21,25). The summed E-state index contributed by atoms with van der Waals surface area (Å²) in [4.78, 5) is 28.0. The number of hydrogen-bond donors (Lipinski definition) is 2. The summed E-state index contributed by atoms with van der Waals surface area (Å²) in [6.07, 6.45) is 1.56. The fraction of sp³-hybridized carbons (Fsp3) is 0.100. The van der Waals surface area contributed by atoms with Crippen LogP contribution in [-0.4, -0.2) is 16.7 Å².